The Labute approximate surface area is 208 Å². The van der Waals surface area contributed by atoms with Crippen molar-refractivity contribution in [3.8, 4) is 17.2 Å². The molecule has 2 heterocycles. The van der Waals surface area contributed by atoms with Crippen LogP contribution in [0.3, 0.4) is 0 Å². The number of ether oxygens (including phenoxy) is 3. The average molecular weight is 497 g/mol. The number of carbonyl (C=O) groups is 2. The van der Waals surface area contributed by atoms with E-state index in [4.69, 9.17) is 14.2 Å². The number of hydrogen-bond donors (Lipinski definition) is 0. The summed E-state index contributed by atoms with van der Waals surface area (Å²) in [5.41, 5.74) is 3.96. The van der Waals surface area contributed by atoms with Gasteiger partial charge < -0.3 is 19.1 Å². The third-order valence-corrected chi connectivity index (χ3v) is 6.99. The summed E-state index contributed by atoms with van der Waals surface area (Å²) < 4.78 is 17.7. The normalized spacial score (nSPS) is 14.9. The van der Waals surface area contributed by atoms with E-state index in [0.29, 0.717) is 29.6 Å². The molecule has 0 N–H and O–H groups in total. The average Bonchev–Trinajstić information content (AvgIpc) is 3.35. The minimum Gasteiger partial charge on any atom is -0.493 e. The van der Waals surface area contributed by atoms with Gasteiger partial charge in [0.2, 0.25) is 5.91 Å². The van der Waals surface area contributed by atoms with Crippen LogP contribution in [-0.4, -0.2) is 65.2 Å². The molecule has 0 bridgehead atoms. The van der Waals surface area contributed by atoms with E-state index < -0.39 is 6.04 Å². The van der Waals surface area contributed by atoms with Crippen molar-refractivity contribution in [3.63, 3.8) is 0 Å². The molecule has 1 aliphatic heterocycles. The third kappa shape index (κ3) is 5.27. The molecule has 1 atom stereocenters. The molecule has 1 aromatic heterocycles. The van der Waals surface area contributed by atoms with Crippen molar-refractivity contribution in [2.45, 2.75) is 31.0 Å². The smallest absolute Gasteiger partial charge is 0.307 e. The van der Waals surface area contributed by atoms with Crippen LogP contribution in [-0.2, 0) is 20.7 Å². The maximum atomic E-state index is 13.4. The summed E-state index contributed by atoms with van der Waals surface area (Å²) in [5, 5.41) is 8.83. The Morgan fingerprint density at radius 1 is 1.09 bits per heavy atom. The number of fused-ring (bicyclic) bond motifs is 1. The van der Waals surface area contributed by atoms with Crippen molar-refractivity contribution in [3.05, 3.63) is 59.4 Å². The molecule has 9 nitrogen and oxygen atoms in total. The van der Waals surface area contributed by atoms with Crippen LogP contribution in [0.4, 0.5) is 0 Å². The summed E-state index contributed by atoms with van der Waals surface area (Å²) in [6, 6.07) is 11.3. The standard InChI is InChI=1S/C25H28N4O5S/c1-16-5-7-18(8-6-16)29-15-26-27-25(29)35-14-23(30)28-10-9-17-11-21(32-2)22(33-3)12-19(17)20(28)13-24(31)34-4/h5-8,11-12,15,20H,9-10,13-14H2,1-4H3. The summed E-state index contributed by atoms with van der Waals surface area (Å²) >= 11 is 1.31. The van der Waals surface area contributed by atoms with Gasteiger partial charge in [0, 0.05) is 12.2 Å². The van der Waals surface area contributed by atoms with Crippen molar-refractivity contribution < 1.29 is 23.8 Å². The number of amides is 1. The highest BCUT2D eigenvalue weighted by atomic mass is 32.2. The first-order chi connectivity index (χ1) is 16.9. The van der Waals surface area contributed by atoms with Crippen LogP contribution in [0.2, 0.25) is 0 Å². The lowest BCUT2D eigenvalue weighted by atomic mass is 9.90. The molecule has 4 rings (SSSR count). The fourth-order valence-electron chi connectivity index (χ4n) is 4.20. The van der Waals surface area contributed by atoms with Gasteiger partial charge >= 0.3 is 5.97 Å². The molecular formula is C25H28N4O5S. The van der Waals surface area contributed by atoms with E-state index >= 15 is 0 Å². The first-order valence-electron chi connectivity index (χ1n) is 11.2. The molecule has 0 aliphatic carbocycles. The maximum Gasteiger partial charge on any atom is 0.307 e. The first-order valence-corrected chi connectivity index (χ1v) is 12.1. The number of hydrogen-bond acceptors (Lipinski definition) is 8. The molecule has 35 heavy (non-hydrogen) atoms. The Balaban J connectivity index is 1.56. The second-order valence-corrected chi connectivity index (χ2v) is 9.09. The molecule has 0 saturated heterocycles. The fraction of sp³-hybridized carbons (Fsp3) is 0.360. The summed E-state index contributed by atoms with van der Waals surface area (Å²) in [5.74, 6) is 0.847. The van der Waals surface area contributed by atoms with Gasteiger partial charge in [-0.3, -0.25) is 14.2 Å². The molecule has 1 unspecified atom stereocenters. The summed E-state index contributed by atoms with van der Waals surface area (Å²) in [6.07, 6.45) is 2.33. The summed E-state index contributed by atoms with van der Waals surface area (Å²) in [6.45, 7) is 2.51. The minimum atomic E-state index is -0.464. The van der Waals surface area contributed by atoms with E-state index in [0.717, 1.165) is 22.4 Å². The molecule has 3 aromatic rings. The topological polar surface area (TPSA) is 95.8 Å². The van der Waals surface area contributed by atoms with Crippen molar-refractivity contribution in [2.24, 2.45) is 0 Å². The molecule has 1 amide bonds. The third-order valence-electron chi connectivity index (χ3n) is 6.06. The molecule has 1 aliphatic rings. The quantitative estimate of drug-likeness (QED) is 0.346. The van der Waals surface area contributed by atoms with Crippen LogP contribution in [0.25, 0.3) is 5.69 Å². The van der Waals surface area contributed by atoms with E-state index in [2.05, 4.69) is 10.2 Å². The van der Waals surface area contributed by atoms with Gasteiger partial charge in [-0.1, -0.05) is 29.5 Å². The zero-order chi connectivity index (χ0) is 24.9. The lowest BCUT2D eigenvalue weighted by Gasteiger charge is -2.37. The van der Waals surface area contributed by atoms with Crippen LogP contribution in [0.5, 0.6) is 11.5 Å². The predicted molar refractivity (Wildman–Crippen MR) is 131 cm³/mol. The number of esters is 1. The van der Waals surface area contributed by atoms with E-state index in [9.17, 15) is 9.59 Å². The van der Waals surface area contributed by atoms with Crippen LogP contribution in [0.15, 0.2) is 47.9 Å². The lowest BCUT2D eigenvalue weighted by molar-refractivity contribution is -0.143. The Bertz CT molecular complexity index is 1210. The van der Waals surface area contributed by atoms with E-state index in [1.807, 2.05) is 47.9 Å². The SMILES string of the molecule is COC(=O)CC1c2cc(OC)c(OC)cc2CCN1C(=O)CSc1nncn1-c1ccc(C)cc1. The number of nitrogens with zero attached hydrogens (tertiary/aromatic N) is 4. The zero-order valence-corrected chi connectivity index (χ0v) is 21.0. The molecule has 0 radical (unpaired) electrons. The van der Waals surface area contributed by atoms with Crippen LogP contribution >= 0.6 is 11.8 Å². The highest BCUT2D eigenvalue weighted by Gasteiger charge is 2.34. The second kappa shape index (κ2) is 10.8. The van der Waals surface area contributed by atoms with Crippen molar-refractivity contribution >= 4 is 23.6 Å². The van der Waals surface area contributed by atoms with E-state index in [1.54, 1.807) is 25.4 Å². The molecule has 184 valence electrons. The zero-order valence-electron chi connectivity index (χ0n) is 20.2. The van der Waals surface area contributed by atoms with Gasteiger partial charge in [0.15, 0.2) is 16.7 Å². The van der Waals surface area contributed by atoms with Crippen molar-refractivity contribution in [2.75, 3.05) is 33.6 Å². The van der Waals surface area contributed by atoms with Crippen LogP contribution in [0.1, 0.15) is 29.2 Å². The first kappa shape index (κ1) is 24.6. The number of aryl methyl sites for hydroxylation is 1. The molecule has 0 fully saturated rings. The molecular weight excluding hydrogens is 468 g/mol. The monoisotopic (exact) mass is 496 g/mol. The Morgan fingerprint density at radius 3 is 2.49 bits per heavy atom. The van der Waals surface area contributed by atoms with E-state index in [-0.39, 0.29) is 24.1 Å². The van der Waals surface area contributed by atoms with E-state index in [1.165, 1.54) is 18.9 Å². The summed E-state index contributed by atoms with van der Waals surface area (Å²) in [4.78, 5) is 27.4. The van der Waals surface area contributed by atoms with Gasteiger partial charge in [-0.2, -0.15) is 0 Å². The second-order valence-electron chi connectivity index (χ2n) is 8.15. The number of rotatable bonds is 8. The summed E-state index contributed by atoms with van der Waals surface area (Å²) in [7, 11) is 4.49. The molecule has 0 saturated carbocycles. The van der Waals surface area contributed by atoms with Crippen molar-refractivity contribution in [1.82, 2.24) is 19.7 Å². The Hall–Kier alpha value is -3.53. The molecule has 10 heteroatoms. The number of methoxy groups -OCH3 is 3. The van der Waals surface area contributed by atoms with Gasteiger partial charge in [0.05, 0.1) is 39.5 Å². The highest BCUT2D eigenvalue weighted by molar-refractivity contribution is 7.99. The maximum absolute atomic E-state index is 13.4. The predicted octanol–water partition coefficient (Wildman–Crippen LogP) is 3.37. The van der Waals surface area contributed by atoms with Crippen LogP contribution in [0, 0.1) is 6.92 Å². The van der Waals surface area contributed by atoms with Gasteiger partial charge in [-0.15, -0.1) is 10.2 Å². The fourth-order valence-corrected chi connectivity index (χ4v) is 5.02. The highest BCUT2D eigenvalue weighted by Crippen LogP contribution is 2.40. The van der Waals surface area contributed by atoms with Gasteiger partial charge in [-0.25, -0.2) is 0 Å². The molecule has 0 spiro atoms. The Kier molecular flexibility index (Phi) is 7.60. The van der Waals surface area contributed by atoms with Crippen molar-refractivity contribution in [1.29, 1.82) is 0 Å². The largest absolute Gasteiger partial charge is 0.493 e. The number of carbonyl (C=O) groups excluding carboxylic acids is 2. The lowest BCUT2D eigenvalue weighted by Crippen LogP contribution is -2.42. The minimum absolute atomic E-state index is 0.0505. The number of aromatic nitrogens is 3. The van der Waals surface area contributed by atoms with Gasteiger partial charge in [-0.05, 0) is 48.7 Å². The molecule has 2 aromatic carbocycles. The van der Waals surface area contributed by atoms with Gasteiger partial charge in [0.25, 0.3) is 0 Å². The van der Waals surface area contributed by atoms with Crippen LogP contribution < -0.4 is 9.47 Å². The number of benzene rings is 2. The number of thioether (sulfide) groups is 1. The van der Waals surface area contributed by atoms with Gasteiger partial charge in [0.1, 0.15) is 6.33 Å². The Morgan fingerprint density at radius 2 is 1.80 bits per heavy atom.